The van der Waals surface area contributed by atoms with Crippen molar-refractivity contribution in [3.8, 4) is 17.0 Å². The molecule has 0 aliphatic rings. The molecule has 1 heterocycles. The number of H-pyrrole nitrogens is 1. The number of benzene rings is 2. The van der Waals surface area contributed by atoms with E-state index < -0.39 is 0 Å². The topological polar surface area (TPSA) is 25.0 Å². The SMILES string of the molecule is COc1ccc(-c2cc(/C=C\c3ccccc3)c[nH]2)cc1. The summed E-state index contributed by atoms with van der Waals surface area (Å²) in [6.07, 6.45) is 6.23. The van der Waals surface area contributed by atoms with Crippen molar-refractivity contribution in [2.45, 2.75) is 0 Å². The molecule has 3 aromatic rings. The highest BCUT2D eigenvalue weighted by Crippen LogP contribution is 2.22. The van der Waals surface area contributed by atoms with Crippen LogP contribution >= 0.6 is 0 Å². The molecule has 2 nitrogen and oxygen atoms in total. The fourth-order valence-corrected chi connectivity index (χ4v) is 2.20. The van der Waals surface area contributed by atoms with Gasteiger partial charge in [0.15, 0.2) is 0 Å². The minimum atomic E-state index is 0.870. The summed E-state index contributed by atoms with van der Waals surface area (Å²) in [5.74, 6) is 0.870. The average Bonchev–Trinajstić information content (AvgIpc) is 3.03. The molecule has 2 aromatic carbocycles. The third-order valence-corrected chi connectivity index (χ3v) is 3.37. The van der Waals surface area contributed by atoms with Gasteiger partial charge in [0.25, 0.3) is 0 Å². The molecule has 0 aliphatic carbocycles. The highest BCUT2D eigenvalue weighted by molar-refractivity contribution is 5.72. The van der Waals surface area contributed by atoms with Crippen LogP contribution in [0, 0.1) is 0 Å². The molecule has 104 valence electrons. The van der Waals surface area contributed by atoms with Crippen LogP contribution in [0.15, 0.2) is 66.9 Å². The molecule has 0 spiro atoms. The Hall–Kier alpha value is -2.74. The van der Waals surface area contributed by atoms with Gasteiger partial charge in [0.1, 0.15) is 5.75 Å². The summed E-state index contributed by atoms with van der Waals surface area (Å²) in [4.78, 5) is 3.30. The predicted octanol–water partition coefficient (Wildman–Crippen LogP) is 4.86. The Morgan fingerprint density at radius 3 is 2.29 bits per heavy atom. The summed E-state index contributed by atoms with van der Waals surface area (Å²) < 4.78 is 5.18. The number of hydrogen-bond acceptors (Lipinski definition) is 1. The van der Waals surface area contributed by atoms with Gasteiger partial charge in [0, 0.05) is 11.9 Å². The fourth-order valence-electron chi connectivity index (χ4n) is 2.20. The van der Waals surface area contributed by atoms with Crippen molar-refractivity contribution in [1.29, 1.82) is 0 Å². The second kappa shape index (κ2) is 6.14. The van der Waals surface area contributed by atoms with Crippen LogP contribution in [0.4, 0.5) is 0 Å². The van der Waals surface area contributed by atoms with Crippen molar-refractivity contribution in [3.63, 3.8) is 0 Å². The molecule has 0 saturated carbocycles. The third-order valence-electron chi connectivity index (χ3n) is 3.37. The standard InChI is InChI=1S/C19H17NO/c1-21-18-11-9-17(10-12-18)19-13-16(14-20-19)8-7-15-5-3-2-4-6-15/h2-14,20H,1H3/b8-7-. The Balaban J connectivity index is 1.78. The Bertz CT molecular complexity index is 724. The Morgan fingerprint density at radius 1 is 0.857 bits per heavy atom. The zero-order valence-electron chi connectivity index (χ0n) is 11.9. The normalized spacial score (nSPS) is 10.9. The molecule has 0 atom stereocenters. The predicted molar refractivity (Wildman–Crippen MR) is 88.2 cm³/mol. The van der Waals surface area contributed by atoms with Crippen LogP contribution in [0.3, 0.4) is 0 Å². The first-order chi connectivity index (χ1) is 10.3. The van der Waals surface area contributed by atoms with Gasteiger partial charge in [-0.05, 0) is 47.0 Å². The first kappa shape index (κ1) is 13.3. The Labute approximate surface area is 124 Å². The molecule has 0 radical (unpaired) electrons. The second-order valence-corrected chi connectivity index (χ2v) is 4.82. The van der Waals surface area contributed by atoms with E-state index in [0.717, 1.165) is 22.6 Å². The van der Waals surface area contributed by atoms with E-state index in [1.54, 1.807) is 7.11 Å². The molecule has 0 aliphatic heterocycles. The van der Waals surface area contributed by atoms with Crippen LogP contribution in [0.1, 0.15) is 11.1 Å². The number of hydrogen-bond donors (Lipinski definition) is 1. The lowest BCUT2D eigenvalue weighted by Crippen LogP contribution is -1.82. The third kappa shape index (κ3) is 3.23. The summed E-state index contributed by atoms with van der Waals surface area (Å²) in [7, 11) is 1.68. The van der Waals surface area contributed by atoms with Crippen LogP contribution in [0.5, 0.6) is 5.75 Å². The van der Waals surface area contributed by atoms with E-state index in [2.05, 4.69) is 47.5 Å². The largest absolute Gasteiger partial charge is 0.497 e. The van der Waals surface area contributed by atoms with E-state index in [0.29, 0.717) is 0 Å². The van der Waals surface area contributed by atoms with E-state index in [4.69, 9.17) is 4.74 Å². The van der Waals surface area contributed by atoms with Gasteiger partial charge in [-0.2, -0.15) is 0 Å². The lowest BCUT2D eigenvalue weighted by atomic mass is 10.1. The van der Waals surface area contributed by atoms with Crippen molar-refractivity contribution in [3.05, 3.63) is 78.0 Å². The number of ether oxygens (including phenoxy) is 1. The number of aromatic nitrogens is 1. The van der Waals surface area contributed by atoms with E-state index in [1.165, 1.54) is 5.56 Å². The molecule has 0 amide bonds. The molecule has 0 fully saturated rings. The minimum absolute atomic E-state index is 0.870. The Morgan fingerprint density at radius 2 is 1.57 bits per heavy atom. The van der Waals surface area contributed by atoms with Gasteiger partial charge in [-0.3, -0.25) is 0 Å². The van der Waals surface area contributed by atoms with Crippen molar-refractivity contribution in [2.75, 3.05) is 7.11 Å². The highest BCUT2D eigenvalue weighted by atomic mass is 16.5. The van der Waals surface area contributed by atoms with E-state index >= 15 is 0 Å². The summed E-state index contributed by atoms with van der Waals surface area (Å²) in [6, 6.07) is 20.5. The lowest BCUT2D eigenvalue weighted by molar-refractivity contribution is 0.415. The molecule has 0 saturated heterocycles. The smallest absolute Gasteiger partial charge is 0.118 e. The van der Waals surface area contributed by atoms with Crippen molar-refractivity contribution in [2.24, 2.45) is 0 Å². The van der Waals surface area contributed by atoms with E-state index in [9.17, 15) is 0 Å². The molecule has 3 rings (SSSR count). The molecule has 1 N–H and O–H groups in total. The quantitative estimate of drug-likeness (QED) is 0.722. The molecule has 0 bridgehead atoms. The minimum Gasteiger partial charge on any atom is -0.497 e. The van der Waals surface area contributed by atoms with Gasteiger partial charge >= 0.3 is 0 Å². The summed E-state index contributed by atoms with van der Waals surface area (Å²) >= 11 is 0. The zero-order chi connectivity index (χ0) is 14.5. The second-order valence-electron chi connectivity index (χ2n) is 4.82. The maximum atomic E-state index is 5.18. The summed E-state index contributed by atoms with van der Waals surface area (Å²) in [5, 5.41) is 0. The van der Waals surface area contributed by atoms with Crippen LogP contribution in [-0.2, 0) is 0 Å². The Kier molecular flexibility index (Phi) is 3.88. The highest BCUT2D eigenvalue weighted by Gasteiger charge is 2.00. The molecule has 21 heavy (non-hydrogen) atoms. The number of rotatable bonds is 4. The monoisotopic (exact) mass is 275 g/mol. The van der Waals surface area contributed by atoms with Gasteiger partial charge in [0.2, 0.25) is 0 Å². The molecule has 1 aromatic heterocycles. The summed E-state index contributed by atoms with van der Waals surface area (Å²) in [6.45, 7) is 0. The van der Waals surface area contributed by atoms with Gasteiger partial charge in [0.05, 0.1) is 7.11 Å². The van der Waals surface area contributed by atoms with Crippen molar-refractivity contribution in [1.82, 2.24) is 4.98 Å². The van der Waals surface area contributed by atoms with Crippen molar-refractivity contribution < 1.29 is 4.74 Å². The van der Waals surface area contributed by atoms with Crippen molar-refractivity contribution >= 4 is 12.2 Å². The molecular weight excluding hydrogens is 258 g/mol. The zero-order valence-corrected chi connectivity index (χ0v) is 11.9. The van der Waals surface area contributed by atoms with Crippen LogP contribution in [0.2, 0.25) is 0 Å². The van der Waals surface area contributed by atoms with E-state index in [-0.39, 0.29) is 0 Å². The van der Waals surface area contributed by atoms with Gasteiger partial charge < -0.3 is 9.72 Å². The van der Waals surface area contributed by atoms with Gasteiger partial charge in [-0.25, -0.2) is 0 Å². The van der Waals surface area contributed by atoms with Gasteiger partial charge in [-0.15, -0.1) is 0 Å². The molecule has 2 heteroatoms. The maximum Gasteiger partial charge on any atom is 0.118 e. The first-order valence-corrected chi connectivity index (χ1v) is 6.91. The van der Waals surface area contributed by atoms with Crippen LogP contribution < -0.4 is 4.74 Å². The number of nitrogens with one attached hydrogen (secondary N) is 1. The maximum absolute atomic E-state index is 5.18. The first-order valence-electron chi connectivity index (χ1n) is 6.91. The van der Waals surface area contributed by atoms with Crippen LogP contribution in [0.25, 0.3) is 23.4 Å². The molecule has 0 unspecified atom stereocenters. The van der Waals surface area contributed by atoms with Gasteiger partial charge in [-0.1, -0.05) is 42.5 Å². The number of aromatic amines is 1. The average molecular weight is 275 g/mol. The molecular formula is C19H17NO. The van der Waals surface area contributed by atoms with E-state index in [1.807, 2.05) is 36.5 Å². The lowest BCUT2D eigenvalue weighted by Gasteiger charge is -2.01. The van der Waals surface area contributed by atoms with Crippen LogP contribution in [-0.4, -0.2) is 12.1 Å². The fraction of sp³-hybridized carbons (Fsp3) is 0.0526. The number of methoxy groups -OCH3 is 1. The summed E-state index contributed by atoms with van der Waals surface area (Å²) in [5.41, 5.74) is 4.61.